The van der Waals surface area contributed by atoms with Crippen molar-refractivity contribution in [2.75, 3.05) is 31.9 Å². The highest BCUT2D eigenvalue weighted by atomic mass is 32.2. The van der Waals surface area contributed by atoms with E-state index >= 15 is 0 Å². The van der Waals surface area contributed by atoms with Gasteiger partial charge in [0.25, 0.3) is 5.91 Å². The molecule has 3 N–H and O–H groups in total. The van der Waals surface area contributed by atoms with Gasteiger partial charge in [-0.15, -0.1) is 0 Å². The Morgan fingerprint density at radius 3 is 2.32 bits per heavy atom. The molecule has 2 heterocycles. The maximum Gasteiger partial charge on any atom is 0.407 e. The van der Waals surface area contributed by atoms with Crippen molar-refractivity contribution in [3.63, 3.8) is 0 Å². The third-order valence-electron chi connectivity index (χ3n) is 6.40. The summed E-state index contributed by atoms with van der Waals surface area (Å²) < 4.78 is 27.6. The fraction of sp³-hybridized carbons (Fsp3) is 0.550. The lowest BCUT2D eigenvalue weighted by molar-refractivity contribution is -0.141. The lowest BCUT2D eigenvalue weighted by atomic mass is 9.79. The highest BCUT2D eigenvalue weighted by Crippen LogP contribution is 2.36. The van der Waals surface area contributed by atoms with Gasteiger partial charge >= 0.3 is 6.09 Å². The number of nitrogens with one attached hydrogen (secondary N) is 1. The number of carbonyl (C=O) groups is 2. The minimum Gasteiger partial charge on any atom is -0.465 e. The van der Waals surface area contributed by atoms with Crippen molar-refractivity contribution in [3.8, 4) is 6.07 Å². The number of hydrogen-bond donors (Lipinski definition) is 3. The molecule has 2 aliphatic heterocycles. The molecule has 2 amide bonds. The molecule has 0 aliphatic carbocycles. The number of carbonyl (C=O) groups excluding carboxylic acids is 1. The Labute approximate surface area is 181 Å². The Balaban J connectivity index is 1.71. The Kier molecular flexibility index (Phi) is 6.83. The second-order valence-corrected chi connectivity index (χ2v) is 10.1. The third kappa shape index (κ3) is 4.81. The number of carboxylic acid groups (broad SMARTS) is 1. The molecule has 1 aromatic carbocycles. The average molecular weight is 451 g/mol. The molecule has 168 valence electrons. The summed E-state index contributed by atoms with van der Waals surface area (Å²) in [5, 5.41) is 27.6. The van der Waals surface area contributed by atoms with Gasteiger partial charge in [-0.25, -0.2) is 23.0 Å². The highest BCUT2D eigenvalue weighted by Gasteiger charge is 2.47. The van der Waals surface area contributed by atoms with Gasteiger partial charge in [-0.2, -0.15) is 5.26 Å². The molecule has 0 spiro atoms. The maximum absolute atomic E-state index is 13.1. The Hall–Kier alpha value is -2.68. The van der Waals surface area contributed by atoms with Crippen LogP contribution in [0.5, 0.6) is 0 Å². The monoisotopic (exact) mass is 450 g/mol. The van der Waals surface area contributed by atoms with Crippen LogP contribution in [-0.2, 0) is 14.8 Å². The molecule has 1 aromatic rings. The van der Waals surface area contributed by atoms with Crippen LogP contribution < -0.4 is 5.48 Å². The van der Waals surface area contributed by atoms with Crippen molar-refractivity contribution in [1.82, 2.24) is 14.7 Å². The van der Waals surface area contributed by atoms with E-state index in [1.165, 1.54) is 4.31 Å². The molecule has 0 saturated carbocycles. The number of rotatable bonds is 5. The number of nitriles is 1. The molecule has 0 aromatic heterocycles. The number of amides is 2. The van der Waals surface area contributed by atoms with E-state index in [0.717, 1.165) is 10.5 Å². The van der Waals surface area contributed by atoms with E-state index in [1.807, 2.05) is 12.1 Å². The van der Waals surface area contributed by atoms with Gasteiger partial charge in [-0.3, -0.25) is 10.0 Å². The second-order valence-electron chi connectivity index (χ2n) is 8.12. The topological polar surface area (TPSA) is 151 Å². The molecule has 2 saturated heterocycles. The van der Waals surface area contributed by atoms with Gasteiger partial charge in [0.05, 0.1) is 22.8 Å². The summed E-state index contributed by atoms with van der Waals surface area (Å²) >= 11 is 0. The van der Waals surface area contributed by atoms with Crippen LogP contribution in [0.1, 0.15) is 42.7 Å². The zero-order valence-corrected chi connectivity index (χ0v) is 17.8. The largest absolute Gasteiger partial charge is 0.465 e. The molecule has 0 bridgehead atoms. The molecular formula is C20H26N4O6S. The fourth-order valence-electron chi connectivity index (χ4n) is 4.52. The van der Waals surface area contributed by atoms with Gasteiger partial charge in [0, 0.05) is 26.2 Å². The molecule has 31 heavy (non-hydrogen) atoms. The molecule has 2 fully saturated rings. The first-order chi connectivity index (χ1) is 14.7. The fourth-order valence-corrected chi connectivity index (χ4v) is 6.59. The predicted octanol–water partition coefficient (Wildman–Crippen LogP) is 1.33. The van der Waals surface area contributed by atoms with Crippen molar-refractivity contribution < 1.29 is 28.3 Å². The third-order valence-corrected chi connectivity index (χ3v) is 8.47. The minimum atomic E-state index is -3.83. The number of piperidine rings is 2. The Morgan fingerprint density at radius 2 is 1.77 bits per heavy atom. The lowest BCUT2D eigenvalue weighted by Crippen LogP contribution is -2.54. The summed E-state index contributed by atoms with van der Waals surface area (Å²) in [5.74, 6) is -1.21. The quantitative estimate of drug-likeness (QED) is 0.452. The number of hydrogen-bond acceptors (Lipinski definition) is 6. The van der Waals surface area contributed by atoms with Crippen LogP contribution in [0.3, 0.4) is 0 Å². The van der Waals surface area contributed by atoms with Crippen molar-refractivity contribution >= 4 is 22.0 Å². The van der Waals surface area contributed by atoms with E-state index in [0.29, 0.717) is 18.4 Å². The first-order valence-corrected chi connectivity index (χ1v) is 11.7. The molecule has 0 atom stereocenters. The zero-order valence-electron chi connectivity index (χ0n) is 17.0. The van der Waals surface area contributed by atoms with Crippen LogP contribution >= 0.6 is 0 Å². The molecule has 10 nitrogen and oxygen atoms in total. The van der Waals surface area contributed by atoms with Gasteiger partial charge < -0.3 is 10.0 Å². The standard InChI is InChI=1S/C20H26N4O6S/c21-13-16-3-1-2-4-17(16)15-5-9-24(10-6-15)31(29,30)14-20(18(25)22-28)7-11-23(12-8-20)19(26)27/h1-4,15,28H,5-12,14H2,(H,22,25)(H,26,27). The van der Waals surface area contributed by atoms with E-state index < -0.39 is 33.2 Å². The number of benzene rings is 1. The van der Waals surface area contributed by atoms with Crippen LogP contribution in [0.2, 0.25) is 0 Å². The van der Waals surface area contributed by atoms with Crippen molar-refractivity contribution in [2.24, 2.45) is 5.41 Å². The Bertz CT molecular complexity index is 974. The van der Waals surface area contributed by atoms with Crippen LogP contribution in [0.4, 0.5) is 4.79 Å². The first-order valence-electron chi connectivity index (χ1n) is 10.1. The molecule has 0 radical (unpaired) electrons. The second kappa shape index (κ2) is 9.21. The summed E-state index contributed by atoms with van der Waals surface area (Å²) in [6, 6.07) is 9.48. The van der Waals surface area contributed by atoms with Gasteiger partial charge in [-0.1, -0.05) is 18.2 Å². The van der Waals surface area contributed by atoms with E-state index in [1.54, 1.807) is 17.6 Å². The van der Waals surface area contributed by atoms with E-state index in [2.05, 4.69) is 6.07 Å². The number of likely N-dealkylation sites (tertiary alicyclic amines) is 1. The number of hydroxylamine groups is 1. The lowest BCUT2D eigenvalue weighted by Gasteiger charge is -2.40. The van der Waals surface area contributed by atoms with E-state index in [9.17, 15) is 28.5 Å². The molecule has 0 unspecified atom stereocenters. The minimum absolute atomic E-state index is 0.0108. The number of nitrogens with zero attached hydrogens (tertiary/aromatic N) is 3. The summed E-state index contributed by atoms with van der Waals surface area (Å²) in [7, 11) is -3.83. The molecule has 11 heteroatoms. The van der Waals surface area contributed by atoms with Gasteiger partial charge in [-0.05, 0) is 43.2 Å². The van der Waals surface area contributed by atoms with Crippen LogP contribution in [0.25, 0.3) is 0 Å². The molecule has 2 aliphatic rings. The first kappa shape index (κ1) is 23.0. The maximum atomic E-state index is 13.1. The van der Waals surface area contributed by atoms with Crippen LogP contribution in [0.15, 0.2) is 24.3 Å². The van der Waals surface area contributed by atoms with E-state index in [4.69, 9.17) is 5.11 Å². The summed E-state index contributed by atoms with van der Waals surface area (Å²) in [6.07, 6.45) is 0.0161. The van der Waals surface area contributed by atoms with E-state index in [-0.39, 0.29) is 44.9 Å². The summed E-state index contributed by atoms with van der Waals surface area (Å²) in [5.41, 5.74) is 1.69. The highest BCUT2D eigenvalue weighted by molar-refractivity contribution is 7.89. The molecular weight excluding hydrogens is 424 g/mol. The van der Waals surface area contributed by atoms with Crippen LogP contribution in [0, 0.1) is 16.7 Å². The predicted molar refractivity (Wildman–Crippen MR) is 110 cm³/mol. The van der Waals surface area contributed by atoms with Gasteiger partial charge in [0.2, 0.25) is 10.0 Å². The number of sulfonamides is 1. The normalized spacial score (nSPS) is 20.1. The van der Waals surface area contributed by atoms with Crippen LogP contribution in [-0.4, -0.2) is 71.9 Å². The Morgan fingerprint density at radius 1 is 1.16 bits per heavy atom. The summed E-state index contributed by atoms with van der Waals surface area (Å²) in [4.78, 5) is 24.7. The zero-order chi connectivity index (χ0) is 22.6. The smallest absolute Gasteiger partial charge is 0.407 e. The average Bonchev–Trinajstić information content (AvgIpc) is 2.78. The van der Waals surface area contributed by atoms with Crippen molar-refractivity contribution in [3.05, 3.63) is 35.4 Å². The van der Waals surface area contributed by atoms with Gasteiger partial charge in [0.1, 0.15) is 0 Å². The van der Waals surface area contributed by atoms with Crippen molar-refractivity contribution in [1.29, 1.82) is 5.26 Å². The van der Waals surface area contributed by atoms with Gasteiger partial charge in [0.15, 0.2) is 0 Å². The van der Waals surface area contributed by atoms with Crippen molar-refractivity contribution in [2.45, 2.75) is 31.6 Å². The summed E-state index contributed by atoms with van der Waals surface area (Å²) in [6.45, 7) is 0.576. The molecule has 3 rings (SSSR count). The SMILES string of the molecule is N#Cc1ccccc1C1CCN(S(=O)(=O)CC2(C(=O)NO)CCN(C(=O)O)CC2)CC1.